The second kappa shape index (κ2) is 12.2. The summed E-state index contributed by atoms with van der Waals surface area (Å²) < 4.78 is 38.0. The number of alkyl carbamates (subject to hydrolysis) is 1. The lowest BCUT2D eigenvalue weighted by Gasteiger charge is -2.30. The molecule has 4 amide bonds. The number of allylic oxidation sites excluding steroid dienone is 1. The van der Waals surface area contributed by atoms with Gasteiger partial charge in [0.2, 0.25) is 21.8 Å². The Bertz CT molecular complexity index is 1240. The second-order valence-electron chi connectivity index (χ2n) is 12.7. The Morgan fingerprint density at radius 1 is 1.10 bits per heavy atom. The number of nitrogens with zero attached hydrogens (tertiary/aromatic N) is 1. The standard InChI is InChI=1S/C28H42N4O9S/c1-17(33)40-19-14-22-23(34)30-28(25(36)31-42(38,39)20-12-13-20)15-18(28)10-8-6-5-7-9-11-21(24(35)32(22)16-19)29-26(37)41-27(2,3)4/h8,10,18-22H,5-7,9,11-16H2,1-4H3,(H,29,37)(H,30,34)(H,31,36)/b10-8-/t18-,19-,21+,22+,28-/m1/s1. The SMILES string of the molecule is CC(=O)O[C@@H]1C[C@H]2C(=O)N[C@]3(C(=O)NS(=O)(=O)C4CC4)C[C@H]3/C=C\CCCCC[C@H](NC(=O)OC(C)(C)C)C(=O)N2C1. The van der Waals surface area contributed by atoms with Gasteiger partial charge >= 0.3 is 12.1 Å². The third-order valence-corrected chi connectivity index (χ3v) is 9.69. The number of hydrogen-bond donors (Lipinski definition) is 3. The molecule has 2 aliphatic heterocycles. The quantitative estimate of drug-likeness (QED) is 0.307. The van der Waals surface area contributed by atoms with Gasteiger partial charge in [0.15, 0.2) is 0 Å². The minimum atomic E-state index is -3.86. The van der Waals surface area contributed by atoms with Crippen LogP contribution in [0.2, 0.25) is 0 Å². The number of sulfonamides is 1. The fourth-order valence-corrected chi connectivity index (χ4v) is 6.90. The Hall–Kier alpha value is -3.16. The Labute approximate surface area is 246 Å². The van der Waals surface area contributed by atoms with Crippen molar-refractivity contribution in [1.29, 1.82) is 0 Å². The molecule has 0 spiro atoms. The van der Waals surface area contributed by atoms with Crippen LogP contribution < -0.4 is 15.4 Å². The number of amides is 4. The fraction of sp³-hybridized carbons (Fsp3) is 0.750. The third kappa shape index (κ3) is 7.81. The Balaban J connectivity index is 1.61. The van der Waals surface area contributed by atoms with Gasteiger partial charge in [-0.05, 0) is 59.3 Å². The summed E-state index contributed by atoms with van der Waals surface area (Å²) in [5.41, 5.74) is -2.28. The maximum absolute atomic E-state index is 13.9. The molecule has 234 valence electrons. The van der Waals surface area contributed by atoms with Gasteiger partial charge in [-0.15, -0.1) is 0 Å². The zero-order chi connectivity index (χ0) is 30.9. The van der Waals surface area contributed by atoms with E-state index in [1.54, 1.807) is 20.8 Å². The first-order valence-corrected chi connectivity index (χ1v) is 16.2. The maximum Gasteiger partial charge on any atom is 0.408 e. The molecular formula is C28H42N4O9S. The number of carbonyl (C=O) groups excluding carboxylic acids is 5. The fourth-order valence-electron chi connectivity index (χ4n) is 5.53. The van der Waals surface area contributed by atoms with Gasteiger partial charge in [0, 0.05) is 19.3 Å². The van der Waals surface area contributed by atoms with E-state index < -0.39 is 80.3 Å². The molecule has 4 rings (SSSR count). The van der Waals surface area contributed by atoms with Crippen molar-refractivity contribution in [3.05, 3.63) is 12.2 Å². The van der Waals surface area contributed by atoms with Gasteiger partial charge in [-0.25, -0.2) is 13.2 Å². The normalized spacial score (nSPS) is 31.3. The zero-order valence-corrected chi connectivity index (χ0v) is 25.5. The molecule has 1 saturated heterocycles. The van der Waals surface area contributed by atoms with E-state index in [0.29, 0.717) is 32.1 Å². The molecular weight excluding hydrogens is 568 g/mol. The highest BCUT2D eigenvalue weighted by Crippen LogP contribution is 2.46. The number of hydrogen-bond acceptors (Lipinski definition) is 9. The van der Waals surface area contributed by atoms with E-state index in [1.807, 2.05) is 12.2 Å². The topological polar surface area (TPSA) is 177 Å². The number of carbonyl (C=O) groups is 5. The van der Waals surface area contributed by atoms with Crippen molar-refractivity contribution >= 4 is 39.8 Å². The van der Waals surface area contributed by atoms with Gasteiger partial charge in [-0.3, -0.25) is 23.9 Å². The minimum absolute atomic E-state index is 0.0190. The lowest BCUT2D eigenvalue weighted by Crippen LogP contribution is -2.58. The van der Waals surface area contributed by atoms with Crippen LogP contribution in [0.25, 0.3) is 0 Å². The average Bonchev–Trinajstić information content (AvgIpc) is 3.78. The lowest BCUT2D eigenvalue weighted by molar-refractivity contribution is -0.146. The molecule has 0 bridgehead atoms. The molecule has 0 radical (unpaired) electrons. The predicted octanol–water partition coefficient (Wildman–Crippen LogP) is 1.42. The summed E-state index contributed by atoms with van der Waals surface area (Å²) >= 11 is 0. The number of nitrogens with one attached hydrogen (secondary N) is 3. The van der Waals surface area contributed by atoms with Crippen LogP contribution >= 0.6 is 0 Å². The van der Waals surface area contributed by atoms with Gasteiger partial charge in [0.05, 0.1) is 11.8 Å². The van der Waals surface area contributed by atoms with Gasteiger partial charge in [-0.2, -0.15) is 0 Å². The van der Waals surface area contributed by atoms with E-state index >= 15 is 0 Å². The summed E-state index contributed by atoms with van der Waals surface area (Å²) in [6.45, 7) is 6.26. The molecule has 2 saturated carbocycles. The molecule has 0 aromatic heterocycles. The number of rotatable bonds is 5. The van der Waals surface area contributed by atoms with Crippen LogP contribution in [-0.2, 0) is 38.7 Å². The average molecular weight is 611 g/mol. The largest absolute Gasteiger partial charge is 0.461 e. The first-order chi connectivity index (χ1) is 19.6. The van der Waals surface area contributed by atoms with Gasteiger partial charge in [-0.1, -0.05) is 25.0 Å². The van der Waals surface area contributed by atoms with Crippen molar-refractivity contribution in [1.82, 2.24) is 20.3 Å². The highest BCUT2D eigenvalue weighted by atomic mass is 32.2. The maximum atomic E-state index is 13.9. The van der Waals surface area contributed by atoms with Crippen LogP contribution in [0.5, 0.6) is 0 Å². The van der Waals surface area contributed by atoms with E-state index in [4.69, 9.17) is 9.47 Å². The first kappa shape index (κ1) is 31.8. The Morgan fingerprint density at radius 3 is 2.45 bits per heavy atom. The highest BCUT2D eigenvalue weighted by molar-refractivity contribution is 7.91. The summed E-state index contributed by atoms with van der Waals surface area (Å²) in [5, 5.41) is 4.79. The van der Waals surface area contributed by atoms with Crippen LogP contribution in [0.1, 0.15) is 85.5 Å². The van der Waals surface area contributed by atoms with Gasteiger partial charge in [0.25, 0.3) is 5.91 Å². The molecule has 14 heteroatoms. The number of ether oxygens (including phenoxy) is 2. The van der Waals surface area contributed by atoms with Crippen molar-refractivity contribution in [2.45, 2.75) is 120 Å². The van der Waals surface area contributed by atoms with Crippen LogP contribution in [0, 0.1) is 5.92 Å². The monoisotopic (exact) mass is 610 g/mol. The molecule has 42 heavy (non-hydrogen) atoms. The van der Waals surface area contributed by atoms with E-state index in [0.717, 1.165) is 12.8 Å². The molecule has 5 atom stereocenters. The van der Waals surface area contributed by atoms with Crippen molar-refractivity contribution < 1.29 is 41.9 Å². The molecule has 2 aliphatic carbocycles. The highest BCUT2D eigenvalue weighted by Gasteiger charge is 2.62. The number of fused-ring (bicyclic) bond motifs is 2. The van der Waals surface area contributed by atoms with Crippen molar-refractivity contribution in [2.24, 2.45) is 5.92 Å². The summed E-state index contributed by atoms with van der Waals surface area (Å²) in [5.74, 6) is -3.01. The summed E-state index contributed by atoms with van der Waals surface area (Å²) in [6, 6.07) is -2.12. The third-order valence-electron chi connectivity index (χ3n) is 7.87. The first-order valence-electron chi connectivity index (χ1n) is 14.6. The molecule has 2 heterocycles. The molecule has 0 unspecified atom stereocenters. The molecule has 3 N–H and O–H groups in total. The van der Waals surface area contributed by atoms with E-state index in [1.165, 1.54) is 11.8 Å². The van der Waals surface area contributed by atoms with E-state index in [9.17, 15) is 32.4 Å². The van der Waals surface area contributed by atoms with Crippen molar-refractivity contribution in [3.63, 3.8) is 0 Å². The number of esters is 1. The molecule has 13 nitrogen and oxygen atoms in total. The lowest BCUT2D eigenvalue weighted by atomic mass is 10.0. The minimum Gasteiger partial charge on any atom is -0.461 e. The molecule has 0 aromatic rings. The van der Waals surface area contributed by atoms with E-state index in [-0.39, 0.29) is 19.4 Å². The smallest absolute Gasteiger partial charge is 0.408 e. The van der Waals surface area contributed by atoms with Crippen molar-refractivity contribution in [2.75, 3.05) is 6.54 Å². The summed E-state index contributed by atoms with van der Waals surface area (Å²) in [6.07, 6.45) is 6.50. The van der Waals surface area contributed by atoms with Gasteiger partial charge < -0.3 is 25.0 Å². The summed E-state index contributed by atoms with van der Waals surface area (Å²) in [4.78, 5) is 66.6. The van der Waals surface area contributed by atoms with Crippen LogP contribution in [0.3, 0.4) is 0 Å². The van der Waals surface area contributed by atoms with Crippen molar-refractivity contribution in [3.8, 4) is 0 Å². The molecule has 3 fully saturated rings. The molecule has 0 aromatic carbocycles. The van der Waals surface area contributed by atoms with Crippen LogP contribution in [0.4, 0.5) is 4.79 Å². The van der Waals surface area contributed by atoms with Crippen LogP contribution in [0.15, 0.2) is 12.2 Å². The summed E-state index contributed by atoms with van der Waals surface area (Å²) in [7, 11) is -3.86. The predicted molar refractivity (Wildman–Crippen MR) is 150 cm³/mol. The second-order valence-corrected chi connectivity index (χ2v) is 14.6. The molecule has 4 aliphatic rings. The van der Waals surface area contributed by atoms with Gasteiger partial charge in [0.1, 0.15) is 29.3 Å². The Morgan fingerprint density at radius 2 is 1.81 bits per heavy atom. The van der Waals surface area contributed by atoms with E-state index in [2.05, 4.69) is 15.4 Å². The zero-order valence-electron chi connectivity index (χ0n) is 24.6. The Kier molecular flexibility index (Phi) is 9.24. The van der Waals surface area contributed by atoms with Crippen LogP contribution in [-0.4, -0.2) is 84.2 Å².